The molecule has 2 saturated heterocycles. The first-order valence-electron chi connectivity index (χ1n) is 12.6. The summed E-state index contributed by atoms with van der Waals surface area (Å²) in [6.07, 6.45) is 8.37. The molecule has 0 aromatic carbocycles. The smallest absolute Gasteiger partial charge is 0.0125 e. The Kier molecular flexibility index (Phi) is 11.1. The normalized spacial score (nSPS) is 29.6. The minimum Gasteiger partial charge on any atom is -0.295 e. The van der Waals surface area contributed by atoms with Gasteiger partial charge in [0.25, 0.3) is 0 Å². The van der Waals surface area contributed by atoms with Gasteiger partial charge in [0, 0.05) is 36.3 Å². The summed E-state index contributed by atoms with van der Waals surface area (Å²) < 4.78 is 0. The standard InChI is InChI=1S/2C13H27N/c1-9(2)12-7-8-13(10(3)4)14(12)11(5)6;1-6-7-12-8-9-13(10(2)3)14(12)11(4)5/h9-13H,7-8H2,1-6H3;10-13H,6-9H2,1-5H3/t12-,13?;12?,13-/m00/s1. The van der Waals surface area contributed by atoms with Gasteiger partial charge < -0.3 is 0 Å². The summed E-state index contributed by atoms with van der Waals surface area (Å²) in [6.45, 7) is 25.9. The molecular weight excluding hydrogens is 340 g/mol. The predicted molar refractivity (Wildman–Crippen MR) is 127 cm³/mol. The summed E-state index contributed by atoms with van der Waals surface area (Å²) in [5.74, 6) is 2.43. The molecule has 0 aliphatic carbocycles. The van der Waals surface area contributed by atoms with Gasteiger partial charge in [0.15, 0.2) is 0 Å². The molecule has 2 fully saturated rings. The lowest BCUT2D eigenvalue weighted by atomic mass is 10.0. The first kappa shape index (κ1) is 26.0. The molecule has 2 aliphatic rings. The third kappa shape index (κ3) is 6.73. The van der Waals surface area contributed by atoms with Crippen LogP contribution in [0.15, 0.2) is 0 Å². The summed E-state index contributed by atoms with van der Waals surface area (Å²) in [7, 11) is 0. The van der Waals surface area contributed by atoms with Crippen LogP contribution in [0.4, 0.5) is 0 Å². The van der Waals surface area contributed by atoms with Gasteiger partial charge in [0.2, 0.25) is 0 Å². The molecule has 0 N–H and O–H groups in total. The van der Waals surface area contributed by atoms with Crippen molar-refractivity contribution in [3.63, 3.8) is 0 Å². The van der Waals surface area contributed by atoms with Gasteiger partial charge in [0.1, 0.15) is 0 Å². The van der Waals surface area contributed by atoms with E-state index in [1.165, 1.54) is 38.5 Å². The molecule has 168 valence electrons. The van der Waals surface area contributed by atoms with Crippen LogP contribution in [0.5, 0.6) is 0 Å². The van der Waals surface area contributed by atoms with Crippen molar-refractivity contribution in [2.75, 3.05) is 0 Å². The van der Waals surface area contributed by atoms with Crippen molar-refractivity contribution in [2.24, 2.45) is 17.8 Å². The van der Waals surface area contributed by atoms with Gasteiger partial charge in [0.05, 0.1) is 0 Å². The van der Waals surface area contributed by atoms with Crippen molar-refractivity contribution in [2.45, 2.75) is 151 Å². The first-order chi connectivity index (χ1) is 13.0. The van der Waals surface area contributed by atoms with Gasteiger partial charge >= 0.3 is 0 Å². The lowest BCUT2D eigenvalue weighted by Crippen LogP contribution is -2.45. The quantitative estimate of drug-likeness (QED) is 0.449. The fraction of sp³-hybridized carbons (Fsp3) is 1.00. The summed E-state index contributed by atoms with van der Waals surface area (Å²) in [5.41, 5.74) is 0. The van der Waals surface area contributed by atoms with Crippen molar-refractivity contribution < 1.29 is 0 Å². The highest BCUT2D eigenvalue weighted by atomic mass is 15.2. The molecule has 0 aromatic rings. The Morgan fingerprint density at radius 1 is 0.571 bits per heavy atom. The molecule has 0 radical (unpaired) electrons. The van der Waals surface area contributed by atoms with E-state index in [9.17, 15) is 0 Å². The van der Waals surface area contributed by atoms with Gasteiger partial charge in [-0.15, -0.1) is 0 Å². The predicted octanol–water partition coefficient (Wildman–Crippen LogP) is 7.22. The summed E-state index contributed by atoms with van der Waals surface area (Å²) in [6, 6.07) is 4.78. The van der Waals surface area contributed by atoms with E-state index >= 15 is 0 Å². The lowest BCUT2D eigenvalue weighted by Gasteiger charge is -2.37. The van der Waals surface area contributed by atoms with E-state index in [2.05, 4.69) is 86.0 Å². The Labute approximate surface area is 178 Å². The highest BCUT2D eigenvalue weighted by molar-refractivity contribution is 4.92. The molecule has 4 atom stereocenters. The molecule has 0 amide bonds. The average Bonchev–Trinajstić information content (AvgIpc) is 3.20. The van der Waals surface area contributed by atoms with Gasteiger partial charge in [-0.25, -0.2) is 0 Å². The molecule has 28 heavy (non-hydrogen) atoms. The highest BCUT2D eigenvalue weighted by Gasteiger charge is 2.38. The van der Waals surface area contributed by atoms with Crippen LogP contribution < -0.4 is 0 Å². The van der Waals surface area contributed by atoms with E-state index in [0.29, 0.717) is 6.04 Å². The minimum absolute atomic E-state index is 0.706. The van der Waals surface area contributed by atoms with Gasteiger partial charge in [-0.1, -0.05) is 54.9 Å². The lowest BCUT2D eigenvalue weighted by molar-refractivity contribution is 0.0959. The average molecular weight is 395 g/mol. The fourth-order valence-corrected chi connectivity index (χ4v) is 6.05. The van der Waals surface area contributed by atoms with Crippen molar-refractivity contribution in [3.05, 3.63) is 0 Å². The van der Waals surface area contributed by atoms with E-state index < -0.39 is 0 Å². The van der Waals surface area contributed by atoms with Crippen LogP contribution in [-0.2, 0) is 0 Å². The number of nitrogens with zero attached hydrogens (tertiary/aromatic N) is 2. The first-order valence-corrected chi connectivity index (χ1v) is 12.6. The molecule has 0 spiro atoms. The zero-order chi connectivity index (χ0) is 21.6. The van der Waals surface area contributed by atoms with E-state index in [0.717, 1.165) is 48.0 Å². The molecule has 2 unspecified atom stereocenters. The van der Waals surface area contributed by atoms with Crippen LogP contribution in [0, 0.1) is 17.8 Å². The third-order valence-electron chi connectivity index (χ3n) is 7.25. The maximum atomic E-state index is 2.77. The van der Waals surface area contributed by atoms with E-state index in [-0.39, 0.29) is 0 Å². The second kappa shape index (κ2) is 11.9. The summed E-state index contributed by atoms with van der Waals surface area (Å²) in [4.78, 5) is 5.53. The Morgan fingerprint density at radius 2 is 0.929 bits per heavy atom. The molecule has 2 aliphatic heterocycles. The monoisotopic (exact) mass is 394 g/mol. The molecule has 0 saturated carbocycles. The second-order valence-corrected chi connectivity index (χ2v) is 11.1. The van der Waals surface area contributed by atoms with Gasteiger partial charge in [-0.3, -0.25) is 9.80 Å². The highest BCUT2D eigenvalue weighted by Crippen LogP contribution is 2.34. The Morgan fingerprint density at radius 3 is 1.25 bits per heavy atom. The van der Waals surface area contributed by atoms with Crippen LogP contribution in [0.3, 0.4) is 0 Å². The number of hydrogen-bond acceptors (Lipinski definition) is 2. The molecule has 2 rings (SSSR count). The van der Waals surface area contributed by atoms with Crippen LogP contribution in [0.2, 0.25) is 0 Å². The van der Waals surface area contributed by atoms with E-state index in [1.54, 1.807) is 0 Å². The van der Waals surface area contributed by atoms with Crippen molar-refractivity contribution in [1.82, 2.24) is 9.80 Å². The minimum atomic E-state index is 0.706. The van der Waals surface area contributed by atoms with Crippen LogP contribution >= 0.6 is 0 Å². The maximum Gasteiger partial charge on any atom is 0.0125 e. The summed E-state index contributed by atoms with van der Waals surface area (Å²) >= 11 is 0. The Hall–Kier alpha value is -0.0800. The SMILES string of the molecule is CC(C)C1CC[C@@H](C(C)C)N1C(C)C.CCCC1CC[C@@H](C(C)C)N1C(C)C. The summed E-state index contributed by atoms with van der Waals surface area (Å²) in [5, 5.41) is 0. The van der Waals surface area contributed by atoms with Crippen LogP contribution in [0.1, 0.15) is 115 Å². The van der Waals surface area contributed by atoms with Gasteiger partial charge in [-0.2, -0.15) is 0 Å². The zero-order valence-corrected chi connectivity index (χ0v) is 21.3. The molecular formula is C26H54N2. The zero-order valence-electron chi connectivity index (χ0n) is 21.3. The molecule has 2 heterocycles. The fourth-order valence-electron chi connectivity index (χ4n) is 6.05. The van der Waals surface area contributed by atoms with E-state index in [4.69, 9.17) is 0 Å². The number of likely N-dealkylation sites (tertiary alicyclic amines) is 2. The van der Waals surface area contributed by atoms with Crippen LogP contribution in [0.25, 0.3) is 0 Å². The van der Waals surface area contributed by atoms with Crippen molar-refractivity contribution in [1.29, 1.82) is 0 Å². The van der Waals surface area contributed by atoms with Gasteiger partial charge in [-0.05, 0) is 77.6 Å². The molecule has 0 bridgehead atoms. The van der Waals surface area contributed by atoms with E-state index in [1.807, 2.05) is 0 Å². The largest absolute Gasteiger partial charge is 0.295 e. The Balaban J connectivity index is 0.000000280. The maximum absolute atomic E-state index is 2.77. The number of hydrogen-bond donors (Lipinski definition) is 0. The Bertz CT molecular complexity index is 397. The molecule has 2 heteroatoms. The van der Waals surface area contributed by atoms with Crippen molar-refractivity contribution >= 4 is 0 Å². The van der Waals surface area contributed by atoms with Crippen LogP contribution in [-0.4, -0.2) is 46.1 Å². The third-order valence-corrected chi connectivity index (χ3v) is 7.25. The second-order valence-electron chi connectivity index (χ2n) is 11.1. The topological polar surface area (TPSA) is 6.48 Å². The number of rotatable bonds is 7. The molecule has 0 aromatic heterocycles. The van der Waals surface area contributed by atoms with Crippen molar-refractivity contribution in [3.8, 4) is 0 Å². The molecule has 2 nitrogen and oxygen atoms in total.